The number of rotatable bonds is 5. The SMILES string of the molecule is Nc1ncnc(N)c1NC(=O)COc1ccc([N+](=O)[O-])cc1. The van der Waals surface area contributed by atoms with Crippen LogP contribution in [0.4, 0.5) is 23.0 Å². The first-order valence-corrected chi connectivity index (χ1v) is 6.00. The van der Waals surface area contributed by atoms with Gasteiger partial charge in [-0.25, -0.2) is 9.97 Å². The number of carbonyl (C=O) groups is 1. The number of nitro groups is 1. The third-order valence-electron chi connectivity index (χ3n) is 2.59. The van der Waals surface area contributed by atoms with Crippen LogP contribution in [0.25, 0.3) is 0 Å². The van der Waals surface area contributed by atoms with Crippen molar-refractivity contribution >= 4 is 28.9 Å². The molecule has 2 rings (SSSR count). The molecule has 0 bridgehead atoms. The molecule has 0 unspecified atom stereocenters. The molecule has 0 fully saturated rings. The Morgan fingerprint density at radius 1 is 1.23 bits per heavy atom. The van der Waals surface area contributed by atoms with Crippen molar-refractivity contribution in [2.75, 3.05) is 23.4 Å². The third-order valence-corrected chi connectivity index (χ3v) is 2.59. The summed E-state index contributed by atoms with van der Waals surface area (Å²) in [6.07, 6.45) is 1.17. The van der Waals surface area contributed by atoms with Crippen LogP contribution in [0.5, 0.6) is 5.75 Å². The van der Waals surface area contributed by atoms with Crippen LogP contribution in [-0.4, -0.2) is 27.4 Å². The number of benzene rings is 1. The zero-order chi connectivity index (χ0) is 16.1. The lowest BCUT2D eigenvalue weighted by Gasteiger charge is -2.10. The van der Waals surface area contributed by atoms with Gasteiger partial charge in [0, 0.05) is 12.1 Å². The minimum absolute atomic E-state index is 0.0381. The van der Waals surface area contributed by atoms with E-state index >= 15 is 0 Å². The molecule has 10 nitrogen and oxygen atoms in total. The largest absolute Gasteiger partial charge is 0.484 e. The van der Waals surface area contributed by atoms with E-state index < -0.39 is 10.8 Å². The average molecular weight is 304 g/mol. The highest BCUT2D eigenvalue weighted by atomic mass is 16.6. The first-order chi connectivity index (χ1) is 10.5. The van der Waals surface area contributed by atoms with Gasteiger partial charge >= 0.3 is 0 Å². The van der Waals surface area contributed by atoms with Gasteiger partial charge in [0.05, 0.1) is 4.92 Å². The van der Waals surface area contributed by atoms with Crippen LogP contribution in [0.3, 0.4) is 0 Å². The van der Waals surface area contributed by atoms with Gasteiger partial charge in [-0.1, -0.05) is 0 Å². The normalized spacial score (nSPS) is 10.0. The minimum atomic E-state index is -0.530. The summed E-state index contributed by atoms with van der Waals surface area (Å²) in [5, 5.41) is 12.9. The summed E-state index contributed by atoms with van der Waals surface area (Å²) in [4.78, 5) is 29.1. The first-order valence-electron chi connectivity index (χ1n) is 6.00. The highest BCUT2D eigenvalue weighted by Crippen LogP contribution is 2.21. The van der Waals surface area contributed by atoms with Crippen LogP contribution in [-0.2, 0) is 4.79 Å². The molecule has 0 aliphatic heterocycles. The lowest BCUT2D eigenvalue weighted by Crippen LogP contribution is -2.22. The summed E-state index contributed by atoms with van der Waals surface area (Å²) >= 11 is 0. The number of aromatic nitrogens is 2. The quantitative estimate of drug-likeness (QED) is 0.533. The van der Waals surface area contributed by atoms with Crippen LogP contribution < -0.4 is 21.5 Å². The Morgan fingerprint density at radius 2 is 1.82 bits per heavy atom. The molecular weight excluding hydrogens is 292 g/mol. The van der Waals surface area contributed by atoms with Crippen molar-refractivity contribution < 1.29 is 14.5 Å². The first kappa shape index (κ1) is 15.0. The number of nitrogens with two attached hydrogens (primary N) is 2. The highest BCUT2D eigenvalue weighted by molar-refractivity contribution is 5.97. The summed E-state index contributed by atoms with van der Waals surface area (Å²) in [6, 6.07) is 5.32. The van der Waals surface area contributed by atoms with Gasteiger partial charge < -0.3 is 21.5 Å². The highest BCUT2D eigenvalue weighted by Gasteiger charge is 2.11. The fourth-order valence-electron chi connectivity index (χ4n) is 1.53. The summed E-state index contributed by atoms with van der Waals surface area (Å²) in [5.74, 6) is -0.134. The summed E-state index contributed by atoms with van der Waals surface area (Å²) in [7, 11) is 0. The molecule has 1 heterocycles. The average Bonchev–Trinajstić information content (AvgIpc) is 2.49. The van der Waals surface area contributed by atoms with E-state index in [1.165, 1.54) is 30.6 Å². The number of anilines is 3. The van der Waals surface area contributed by atoms with Gasteiger partial charge in [0.2, 0.25) is 0 Å². The zero-order valence-corrected chi connectivity index (χ0v) is 11.2. The molecule has 2 aromatic rings. The second-order valence-electron chi connectivity index (χ2n) is 4.11. The maximum absolute atomic E-state index is 11.8. The number of hydrogen-bond donors (Lipinski definition) is 3. The Labute approximate surface area is 124 Å². The van der Waals surface area contributed by atoms with E-state index in [0.717, 1.165) is 0 Å². The number of nitro benzene ring substituents is 1. The Kier molecular flexibility index (Phi) is 4.32. The number of amides is 1. The van der Waals surface area contributed by atoms with Gasteiger partial charge in [0.25, 0.3) is 11.6 Å². The smallest absolute Gasteiger partial charge is 0.269 e. The maximum Gasteiger partial charge on any atom is 0.269 e. The van der Waals surface area contributed by atoms with Crippen LogP contribution in [0.15, 0.2) is 30.6 Å². The molecule has 1 amide bonds. The van der Waals surface area contributed by atoms with E-state index in [1.54, 1.807) is 0 Å². The molecule has 0 aliphatic carbocycles. The number of nitrogens with zero attached hydrogens (tertiary/aromatic N) is 3. The number of carbonyl (C=O) groups excluding carboxylic acids is 1. The van der Waals surface area contributed by atoms with E-state index in [4.69, 9.17) is 16.2 Å². The van der Waals surface area contributed by atoms with Crippen molar-refractivity contribution in [2.24, 2.45) is 0 Å². The van der Waals surface area contributed by atoms with Crippen LogP contribution in [0.1, 0.15) is 0 Å². The molecular formula is C12H12N6O4. The molecule has 5 N–H and O–H groups in total. The molecule has 0 spiro atoms. The molecule has 1 aromatic carbocycles. The standard InChI is InChI=1S/C12H12N6O4/c13-11-10(12(14)16-6-15-11)17-9(19)5-22-8-3-1-7(2-4-8)18(20)21/h1-4,6H,5H2,(H,17,19)(H4,13,14,15,16). The topological polar surface area (TPSA) is 159 Å². The van der Waals surface area contributed by atoms with Crippen LogP contribution in [0.2, 0.25) is 0 Å². The van der Waals surface area contributed by atoms with E-state index in [2.05, 4.69) is 15.3 Å². The predicted molar refractivity (Wildman–Crippen MR) is 78.1 cm³/mol. The Balaban J connectivity index is 1.94. The Hall–Kier alpha value is -3.43. The van der Waals surface area contributed by atoms with E-state index in [-0.39, 0.29) is 29.6 Å². The van der Waals surface area contributed by atoms with Crippen molar-refractivity contribution in [1.82, 2.24) is 9.97 Å². The van der Waals surface area contributed by atoms with Gasteiger partial charge in [-0.05, 0) is 12.1 Å². The lowest BCUT2D eigenvalue weighted by atomic mass is 10.3. The third kappa shape index (κ3) is 3.56. The number of non-ortho nitro benzene ring substituents is 1. The molecule has 0 saturated carbocycles. The maximum atomic E-state index is 11.8. The number of nitrogen functional groups attached to an aromatic ring is 2. The van der Waals surface area contributed by atoms with E-state index in [1.807, 2.05) is 0 Å². The Bertz CT molecular complexity index is 683. The molecule has 0 saturated heterocycles. The van der Waals surface area contributed by atoms with Gasteiger partial charge in [-0.2, -0.15) is 0 Å². The van der Waals surface area contributed by atoms with Crippen molar-refractivity contribution in [3.63, 3.8) is 0 Å². The van der Waals surface area contributed by atoms with E-state index in [9.17, 15) is 14.9 Å². The number of ether oxygens (including phenoxy) is 1. The minimum Gasteiger partial charge on any atom is -0.484 e. The zero-order valence-electron chi connectivity index (χ0n) is 11.2. The van der Waals surface area contributed by atoms with Crippen molar-refractivity contribution in [1.29, 1.82) is 0 Å². The predicted octanol–water partition coefficient (Wildman–Crippen LogP) is 0.567. The van der Waals surface area contributed by atoms with Crippen molar-refractivity contribution in [2.45, 2.75) is 0 Å². The number of hydrogen-bond acceptors (Lipinski definition) is 8. The van der Waals surface area contributed by atoms with Crippen molar-refractivity contribution in [3.8, 4) is 5.75 Å². The van der Waals surface area contributed by atoms with Gasteiger partial charge in [0.1, 0.15) is 17.8 Å². The summed E-state index contributed by atoms with van der Waals surface area (Å²) in [5.41, 5.74) is 11.2. The molecule has 1 aromatic heterocycles. The molecule has 0 radical (unpaired) electrons. The second kappa shape index (κ2) is 6.35. The van der Waals surface area contributed by atoms with E-state index in [0.29, 0.717) is 5.75 Å². The summed E-state index contributed by atoms with van der Waals surface area (Å²) < 4.78 is 5.20. The fourth-order valence-corrected chi connectivity index (χ4v) is 1.53. The molecule has 22 heavy (non-hydrogen) atoms. The fraction of sp³-hybridized carbons (Fsp3) is 0.0833. The Morgan fingerprint density at radius 3 is 2.36 bits per heavy atom. The molecule has 10 heteroatoms. The lowest BCUT2D eigenvalue weighted by molar-refractivity contribution is -0.384. The molecule has 0 aliphatic rings. The number of nitrogens with one attached hydrogen (secondary N) is 1. The van der Waals surface area contributed by atoms with Crippen LogP contribution in [0, 0.1) is 10.1 Å². The van der Waals surface area contributed by atoms with Gasteiger partial charge in [-0.15, -0.1) is 0 Å². The van der Waals surface area contributed by atoms with Gasteiger partial charge in [-0.3, -0.25) is 14.9 Å². The van der Waals surface area contributed by atoms with Gasteiger partial charge in [0.15, 0.2) is 18.2 Å². The van der Waals surface area contributed by atoms with Crippen LogP contribution >= 0.6 is 0 Å². The van der Waals surface area contributed by atoms with Crippen molar-refractivity contribution in [3.05, 3.63) is 40.7 Å². The molecule has 0 atom stereocenters. The monoisotopic (exact) mass is 304 g/mol. The summed E-state index contributed by atoms with van der Waals surface area (Å²) in [6.45, 7) is -0.328. The molecule has 114 valence electrons. The second-order valence-corrected chi connectivity index (χ2v) is 4.11.